The van der Waals surface area contributed by atoms with Gasteiger partial charge in [-0.25, -0.2) is 0 Å². The van der Waals surface area contributed by atoms with Crippen molar-refractivity contribution in [1.29, 1.82) is 0 Å². The zero-order chi connectivity index (χ0) is 19.6. The maximum Gasteiger partial charge on any atom is 0.239 e. The topological polar surface area (TPSA) is 92.6 Å². The molecule has 1 aromatic rings. The van der Waals surface area contributed by atoms with E-state index in [1.54, 1.807) is 17.0 Å². The van der Waals surface area contributed by atoms with Gasteiger partial charge in [0.25, 0.3) is 0 Å². The first-order valence-corrected chi connectivity index (χ1v) is 9.48. The first-order chi connectivity index (χ1) is 13.6. The van der Waals surface area contributed by atoms with Gasteiger partial charge in [0.2, 0.25) is 11.8 Å². The lowest BCUT2D eigenvalue weighted by atomic mass is 10.0. The number of carbonyl (C=O) groups excluding carboxylic acids is 2. The molecule has 1 aromatic carbocycles. The molecule has 0 aliphatic carbocycles. The van der Waals surface area contributed by atoms with Gasteiger partial charge in [0, 0.05) is 44.1 Å². The highest BCUT2D eigenvalue weighted by Crippen LogP contribution is 2.37. The molecule has 1 atom stereocenters. The SMILES string of the molecule is C#CCCC1(CCNC(=O)C2CCN(c3ccc4c(c3)OCCO4)C2=O)N=N1. The molecule has 3 aliphatic rings. The summed E-state index contributed by atoms with van der Waals surface area (Å²) in [6.07, 6.45) is 7.66. The smallest absolute Gasteiger partial charge is 0.239 e. The summed E-state index contributed by atoms with van der Waals surface area (Å²) in [5.41, 5.74) is 0.282. The average molecular weight is 382 g/mol. The number of anilines is 1. The molecule has 8 nitrogen and oxygen atoms in total. The average Bonchev–Trinajstić information content (AvgIpc) is 3.38. The molecule has 4 rings (SSSR count). The molecule has 0 radical (unpaired) electrons. The number of nitrogens with zero attached hydrogens (tertiary/aromatic N) is 3. The van der Waals surface area contributed by atoms with Crippen LogP contribution in [0, 0.1) is 18.3 Å². The third-order valence-electron chi connectivity index (χ3n) is 5.24. The maximum atomic E-state index is 12.8. The van der Waals surface area contributed by atoms with Crippen LogP contribution in [0.3, 0.4) is 0 Å². The number of rotatable bonds is 7. The van der Waals surface area contributed by atoms with E-state index in [0.29, 0.717) is 69.2 Å². The van der Waals surface area contributed by atoms with Crippen molar-refractivity contribution in [2.75, 3.05) is 31.2 Å². The van der Waals surface area contributed by atoms with E-state index in [2.05, 4.69) is 21.5 Å². The van der Waals surface area contributed by atoms with Crippen LogP contribution in [-0.4, -0.2) is 43.8 Å². The molecule has 3 heterocycles. The zero-order valence-corrected chi connectivity index (χ0v) is 15.5. The number of nitrogens with one attached hydrogen (secondary N) is 1. The molecule has 1 N–H and O–H groups in total. The first-order valence-electron chi connectivity index (χ1n) is 9.48. The zero-order valence-electron chi connectivity index (χ0n) is 15.5. The third kappa shape index (κ3) is 3.65. The van der Waals surface area contributed by atoms with Gasteiger partial charge in [-0.05, 0) is 18.6 Å². The Morgan fingerprint density at radius 1 is 1.29 bits per heavy atom. The van der Waals surface area contributed by atoms with E-state index in [4.69, 9.17) is 15.9 Å². The van der Waals surface area contributed by atoms with E-state index in [-0.39, 0.29) is 11.8 Å². The van der Waals surface area contributed by atoms with E-state index in [0.717, 1.165) is 0 Å². The van der Waals surface area contributed by atoms with Crippen molar-refractivity contribution < 1.29 is 19.1 Å². The number of amides is 2. The Bertz CT molecular complexity index is 854. The molecule has 1 unspecified atom stereocenters. The molecule has 28 heavy (non-hydrogen) atoms. The molecule has 1 fully saturated rings. The van der Waals surface area contributed by atoms with Crippen LogP contribution in [0.25, 0.3) is 0 Å². The lowest BCUT2D eigenvalue weighted by Gasteiger charge is -2.22. The standard InChI is InChI=1S/C20H22N4O4/c1-2-3-7-20(22-23-20)8-9-21-18(25)15-6-10-24(19(15)26)14-4-5-16-17(13-14)28-12-11-27-16/h1,4-5,13,15H,3,6-12H2,(H,21,25). The fourth-order valence-corrected chi connectivity index (χ4v) is 3.56. The summed E-state index contributed by atoms with van der Waals surface area (Å²) >= 11 is 0. The van der Waals surface area contributed by atoms with Crippen molar-refractivity contribution in [3.63, 3.8) is 0 Å². The maximum absolute atomic E-state index is 12.8. The van der Waals surface area contributed by atoms with Crippen molar-refractivity contribution in [3.8, 4) is 23.8 Å². The van der Waals surface area contributed by atoms with Gasteiger partial charge in [0.15, 0.2) is 17.2 Å². The number of hydrogen-bond acceptors (Lipinski definition) is 6. The van der Waals surface area contributed by atoms with Crippen LogP contribution in [0.15, 0.2) is 28.4 Å². The molecular formula is C20H22N4O4. The van der Waals surface area contributed by atoms with E-state index in [9.17, 15) is 9.59 Å². The third-order valence-corrected chi connectivity index (χ3v) is 5.24. The quantitative estimate of drug-likeness (QED) is 0.576. The molecule has 3 aliphatic heterocycles. The molecule has 0 saturated carbocycles. The first kappa shape index (κ1) is 18.3. The molecule has 8 heteroatoms. The summed E-state index contributed by atoms with van der Waals surface area (Å²) in [5, 5.41) is 10.9. The van der Waals surface area contributed by atoms with Gasteiger partial charge in [-0.3, -0.25) is 9.59 Å². The lowest BCUT2D eigenvalue weighted by molar-refractivity contribution is -0.132. The molecule has 0 spiro atoms. The van der Waals surface area contributed by atoms with E-state index < -0.39 is 11.6 Å². The number of terminal acetylenes is 1. The van der Waals surface area contributed by atoms with Crippen molar-refractivity contribution in [2.24, 2.45) is 16.1 Å². The Kier molecular flexibility index (Phi) is 4.90. The molecule has 2 amide bonds. The van der Waals surface area contributed by atoms with Crippen LogP contribution in [0.5, 0.6) is 11.5 Å². The number of fused-ring (bicyclic) bond motifs is 1. The summed E-state index contributed by atoms with van der Waals surface area (Å²) in [5.74, 6) is 2.75. The molecular weight excluding hydrogens is 360 g/mol. The predicted octanol–water partition coefficient (Wildman–Crippen LogP) is 1.89. The lowest BCUT2D eigenvalue weighted by Crippen LogP contribution is -2.38. The Hall–Kier alpha value is -3.08. The fraction of sp³-hybridized carbons (Fsp3) is 0.500. The second kappa shape index (κ2) is 7.50. The molecule has 0 bridgehead atoms. The van der Waals surface area contributed by atoms with Crippen molar-refractivity contribution in [3.05, 3.63) is 18.2 Å². The van der Waals surface area contributed by atoms with Crippen molar-refractivity contribution >= 4 is 17.5 Å². The van der Waals surface area contributed by atoms with Crippen LogP contribution < -0.4 is 19.7 Å². The fourth-order valence-electron chi connectivity index (χ4n) is 3.56. The second-order valence-electron chi connectivity index (χ2n) is 7.09. The van der Waals surface area contributed by atoms with Crippen LogP contribution in [0.1, 0.15) is 25.7 Å². The normalized spacial score (nSPS) is 21.3. The summed E-state index contributed by atoms with van der Waals surface area (Å²) in [7, 11) is 0. The van der Waals surface area contributed by atoms with Gasteiger partial charge in [-0.15, -0.1) is 12.3 Å². The van der Waals surface area contributed by atoms with Crippen LogP contribution in [-0.2, 0) is 9.59 Å². The van der Waals surface area contributed by atoms with Gasteiger partial charge < -0.3 is 19.7 Å². The molecule has 146 valence electrons. The molecule has 0 aromatic heterocycles. The van der Waals surface area contributed by atoms with E-state index in [1.165, 1.54) is 0 Å². The molecule has 1 saturated heterocycles. The van der Waals surface area contributed by atoms with E-state index >= 15 is 0 Å². The Morgan fingerprint density at radius 2 is 2.07 bits per heavy atom. The number of ether oxygens (including phenoxy) is 2. The number of benzene rings is 1. The van der Waals surface area contributed by atoms with Gasteiger partial charge in [0.05, 0.1) is 0 Å². The van der Waals surface area contributed by atoms with Crippen LogP contribution in [0.2, 0.25) is 0 Å². The minimum absolute atomic E-state index is 0.197. The Labute approximate surface area is 163 Å². The highest BCUT2D eigenvalue weighted by Gasteiger charge is 2.40. The highest BCUT2D eigenvalue weighted by atomic mass is 16.6. The number of carbonyl (C=O) groups is 2. The summed E-state index contributed by atoms with van der Waals surface area (Å²) in [6, 6.07) is 5.40. The highest BCUT2D eigenvalue weighted by molar-refractivity contribution is 6.09. The van der Waals surface area contributed by atoms with Crippen molar-refractivity contribution in [2.45, 2.75) is 31.3 Å². The predicted molar refractivity (Wildman–Crippen MR) is 101 cm³/mol. The summed E-state index contributed by atoms with van der Waals surface area (Å²) in [4.78, 5) is 26.9. The van der Waals surface area contributed by atoms with Gasteiger partial charge >= 0.3 is 0 Å². The monoisotopic (exact) mass is 382 g/mol. The number of hydrogen-bond donors (Lipinski definition) is 1. The summed E-state index contributed by atoms with van der Waals surface area (Å²) < 4.78 is 11.1. The summed E-state index contributed by atoms with van der Waals surface area (Å²) in [6.45, 7) is 1.91. The van der Waals surface area contributed by atoms with Crippen molar-refractivity contribution in [1.82, 2.24) is 5.32 Å². The minimum atomic E-state index is -0.678. The van der Waals surface area contributed by atoms with Crippen LogP contribution in [0.4, 0.5) is 5.69 Å². The Balaban J connectivity index is 1.31. The van der Waals surface area contributed by atoms with Gasteiger partial charge in [-0.2, -0.15) is 10.2 Å². The minimum Gasteiger partial charge on any atom is -0.486 e. The van der Waals surface area contributed by atoms with Gasteiger partial charge in [0.1, 0.15) is 19.1 Å². The largest absolute Gasteiger partial charge is 0.486 e. The van der Waals surface area contributed by atoms with Crippen LogP contribution >= 0.6 is 0 Å². The Morgan fingerprint density at radius 3 is 2.82 bits per heavy atom. The van der Waals surface area contributed by atoms with Gasteiger partial charge in [-0.1, -0.05) is 0 Å². The second-order valence-corrected chi connectivity index (χ2v) is 7.09. The van der Waals surface area contributed by atoms with E-state index in [1.807, 2.05) is 6.07 Å².